The van der Waals surface area contributed by atoms with E-state index >= 15 is 0 Å². The number of rotatable bonds is 3. The van der Waals surface area contributed by atoms with Crippen LogP contribution < -0.4 is 10.6 Å². The zero-order valence-electron chi connectivity index (χ0n) is 12.5. The highest BCUT2D eigenvalue weighted by Crippen LogP contribution is 2.34. The summed E-state index contributed by atoms with van der Waals surface area (Å²) in [5.74, 6) is 0.563. The number of aliphatic imine (C=N–C) groups is 1. The van der Waals surface area contributed by atoms with Gasteiger partial charge in [0.1, 0.15) is 5.82 Å². The largest absolute Gasteiger partial charge is 0.381 e. The van der Waals surface area contributed by atoms with Gasteiger partial charge in [-0.1, -0.05) is 12.1 Å². The summed E-state index contributed by atoms with van der Waals surface area (Å²) in [6.07, 6.45) is 1.85. The predicted octanol–water partition coefficient (Wildman–Crippen LogP) is 2.29. The Morgan fingerprint density at radius 1 is 1.29 bits per heavy atom. The molecule has 118 valence electrons. The van der Waals surface area contributed by atoms with Crippen LogP contribution >= 0.6 is 24.0 Å². The molecule has 0 radical (unpaired) electrons. The fraction of sp³-hybridized carbons (Fsp3) is 0.533. The minimum atomic E-state index is -0.199. The van der Waals surface area contributed by atoms with E-state index in [0.717, 1.165) is 44.1 Å². The van der Waals surface area contributed by atoms with Crippen LogP contribution in [0.3, 0.4) is 0 Å². The minimum Gasteiger partial charge on any atom is -0.381 e. The second-order valence-electron chi connectivity index (χ2n) is 5.08. The van der Waals surface area contributed by atoms with Crippen LogP contribution in [-0.2, 0) is 10.2 Å². The van der Waals surface area contributed by atoms with Crippen LogP contribution in [0.5, 0.6) is 0 Å². The summed E-state index contributed by atoms with van der Waals surface area (Å²) in [6.45, 7) is 2.23. The molecular weight excluding hydrogens is 384 g/mol. The van der Waals surface area contributed by atoms with Crippen molar-refractivity contribution in [3.05, 3.63) is 35.6 Å². The third-order valence-electron chi connectivity index (χ3n) is 3.96. The molecule has 4 nitrogen and oxygen atoms in total. The van der Waals surface area contributed by atoms with Crippen molar-refractivity contribution >= 4 is 29.9 Å². The molecule has 0 spiro atoms. The zero-order chi connectivity index (χ0) is 14.4. The first kappa shape index (κ1) is 18.2. The maximum absolute atomic E-state index is 13.1. The van der Waals surface area contributed by atoms with Crippen molar-refractivity contribution in [3.63, 3.8) is 0 Å². The molecule has 0 aliphatic carbocycles. The molecule has 21 heavy (non-hydrogen) atoms. The van der Waals surface area contributed by atoms with Crippen molar-refractivity contribution in [3.8, 4) is 0 Å². The third-order valence-corrected chi connectivity index (χ3v) is 3.96. The molecule has 1 aliphatic heterocycles. The number of ether oxygens (including phenoxy) is 1. The summed E-state index contributed by atoms with van der Waals surface area (Å²) in [6, 6.07) is 6.81. The maximum Gasteiger partial charge on any atom is 0.190 e. The van der Waals surface area contributed by atoms with Crippen LogP contribution in [0.25, 0.3) is 0 Å². The van der Waals surface area contributed by atoms with E-state index in [-0.39, 0.29) is 35.2 Å². The lowest BCUT2D eigenvalue weighted by Gasteiger charge is -2.38. The van der Waals surface area contributed by atoms with Crippen molar-refractivity contribution in [2.75, 3.05) is 33.9 Å². The summed E-state index contributed by atoms with van der Waals surface area (Å²) in [5, 5.41) is 6.35. The molecular formula is C15H23FIN3O. The van der Waals surface area contributed by atoms with Crippen LogP contribution in [0.2, 0.25) is 0 Å². The van der Waals surface area contributed by atoms with Crippen molar-refractivity contribution < 1.29 is 9.13 Å². The van der Waals surface area contributed by atoms with E-state index in [9.17, 15) is 4.39 Å². The van der Waals surface area contributed by atoms with Crippen LogP contribution in [0.4, 0.5) is 4.39 Å². The van der Waals surface area contributed by atoms with Crippen molar-refractivity contribution in [1.29, 1.82) is 0 Å². The van der Waals surface area contributed by atoms with E-state index in [0.29, 0.717) is 0 Å². The topological polar surface area (TPSA) is 45.7 Å². The van der Waals surface area contributed by atoms with Gasteiger partial charge in [0.05, 0.1) is 0 Å². The number of nitrogens with one attached hydrogen (secondary N) is 2. The maximum atomic E-state index is 13.1. The van der Waals surface area contributed by atoms with Gasteiger partial charge in [-0.3, -0.25) is 4.99 Å². The quantitative estimate of drug-likeness (QED) is 0.459. The Bertz CT molecular complexity index is 458. The summed E-state index contributed by atoms with van der Waals surface area (Å²) < 4.78 is 18.6. The Hall–Kier alpha value is -0.890. The molecule has 0 atom stereocenters. The Morgan fingerprint density at radius 3 is 2.43 bits per heavy atom. The molecule has 0 unspecified atom stereocenters. The Balaban J connectivity index is 0.00000220. The monoisotopic (exact) mass is 407 g/mol. The van der Waals surface area contributed by atoms with Crippen LogP contribution in [0.15, 0.2) is 29.3 Å². The lowest BCUT2D eigenvalue weighted by Crippen LogP contribution is -2.47. The lowest BCUT2D eigenvalue weighted by molar-refractivity contribution is 0.0514. The molecule has 1 saturated heterocycles. The number of halogens is 2. The molecule has 2 rings (SSSR count). The Labute approximate surface area is 142 Å². The van der Waals surface area contributed by atoms with E-state index in [1.807, 2.05) is 19.2 Å². The van der Waals surface area contributed by atoms with Crippen molar-refractivity contribution in [2.24, 2.45) is 4.99 Å². The first-order valence-electron chi connectivity index (χ1n) is 6.92. The summed E-state index contributed by atoms with van der Waals surface area (Å²) in [7, 11) is 3.58. The Morgan fingerprint density at radius 2 is 1.90 bits per heavy atom. The van der Waals surface area contributed by atoms with E-state index in [1.54, 1.807) is 7.05 Å². The molecule has 0 amide bonds. The van der Waals surface area contributed by atoms with Crippen molar-refractivity contribution in [2.45, 2.75) is 18.3 Å². The smallest absolute Gasteiger partial charge is 0.190 e. The average Bonchev–Trinajstić information content (AvgIpc) is 2.50. The van der Waals surface area contributed by atoms with Gasteiger partial charge in [-0.15, -0.1) is 24.0 Å². The van der Waals surface area contributed by atoms with Crippen LogP contribution in [0, 0.1) is 5.82 Å². The number of nitrogens with zero attached hydrogens (tertiary/aromatic N) is 1. The number of hydrogen-bond acceptors (Lipinski definition) is 2. The van der Waals surface area contributed by atoms with Gasteiger partial charge in [0.25, 0.3) is 0 Å². The number of guanidine groups is 1. The second kappa shape index (κ2) is 8.53. The minimum absolute atomic E-state index is 0. The molecule has 6 heteroatoms. The van der Waals surface area contributed by atoms with Gasteiger partial charge in [0.2, 0.25) is 0 Å². The first-order valence-corrected chi connectivity index (χ1v) is 6.92. The molecule has 1 aromatic carbocycles. The highest BCUT2D eigenvalue weighted by molar-refractivity contribution is 14.0. The van der Waals surface area contributed by atoms with Crippen LogP contribution in [0.1, 0.15) is 18.4 Å². The first-order chi connectivity index (χ1) is 9.70. The van der Waals surface area contributed by atoms with E-state index < -0.39 is 0 Å². The number of hydrogen-bond donors (Lipinski definition) is 2. The molecule has 1 aromatic rings. The SMILES string of the molecule is CN=C(NC)NCC1(c2ccc(F)cc2)CCOCC1.I. The summed E-state index contributed by atoms with van der Waals surface area (Å²) >= 11 is 0. The molecule has 0 saturated carbocycles. The van der Waals surface area contributed by atoms with Gasteiger partial charge in [0.15, 0.2) is 5.96 Å². The third kappa shape index (κ3) is 4.54. The summed E-state index contributed by atoms with van der Waals surface area (Å²) in [4.78, 5) is 4.13. The molecule has 1 fully saturated rings. The highest BCUT2D eigenvalue weighted by atomic mass is 127. The molecule has 0 aromatic heterocycles. The van der Waals surface area contributed by atoms with Gasteiger partial charge in [0, 0.05) is 39.3 Å². The molecule has 1 heterocycles. The van der Waals surface area contributed by atoms with Gasteiger partial charge in [-0.05, 0) is 30.5 Å². The second-order valence-corrected chi connectivity index (χ2v) is 5.08. The van der Waals surface area contributed by atoms with E-state index in [4.69, 9.17) is 4.74 Å². The van der Waals surface area contributed by atoms with Gasteiger partial charge < -0.3 is 15.4 Å². The van der Waals surface area contributed by atoms with Gasteiger partial charge in [-0.25, -0.2) is 4.39 Å². The highest BCUT2D eigenvalue weighted by Gasteiger charge is 2.34. The fourth-order valence-electron chi connectivity index (χ4n) is 2.67. The zero-order valence-corrected chi connectivity index (χ0v) is 14.8. The van der Waals surface area contributed by atoms with Gasteiger partial charge in [-0.2, -0.15) is 0 Å². The number of benzene rings is 1. The average molecular weight is 407 g/mol. The normalized spacial score (nSPS) is 17.8. The predicted molar refractivity (Wildman–Crippen MR) is 94.0 cm³/mol. The van der Waals surface area contributed by atoms with E-state index in [2.05, 4.69) is 15.6 Å². The lowest BCUT2D eigenvalue weighted by atomic mass is 9.74. The fourth-order valence-corrected chi connectivity index (χ4v) is 2.67. The van der Waals surface area contributed by atoms with Crippen LogP contribution in [-0.4, -0.2) is 39.8 Å². The molecule has 0 bridgehead atoms. The Kier molecular flexibility index (Phi) is 7.37. The molecule has 1 aliphatic rings. The van der Waals surface area contributed by atoms with E-state index in [1.165, 1.54) is 12.1 Å². The summed E-state index contributed by atoms with van der Waals surface area (Å²) in [5.41, 5.74) is 1.12. The standard InChI is InChI=1S/C15H22FN3O.HI/c1-17-14(18-2)19-11-15(7-9-20-10-8-15)12-3-5-13(16)6-4-12;/h3-6H,7-11H2,1-2H3,(H2,17,18,19);1H. The van der Waals surface area contributed by atoms with Gasteiger partial charge >= 0.3 is 0 Å². The van der Waals surface area contributed by atoms with Crippen molar-refractivity contribution in [1.82, 2.24) is 10.6 Å². The molecule has 2 N–H and O–H groups in total.